The molecular formula is C25H29ClN4O6. The Morgan fingerprint density at radius 1 is 1.19 bits per heavy atom. The van der Waals surface area contributed by atoms with Gasteiger partial charge in [-0.1, -0.05) is 11.6 Å². The number of aryl methyl sites for hydroxylation is 1. The van der Waals surface area contributed by atoms with Gasteiger partial charge < -0.3 is 29.6 Å². The number of ketones is 1. The Kier molecular flexibility index (Phi) is 7.21. The number of hydrogen-bond donors (Lipinski definition) is 3. The van der Waals surface area contributed by atoms with E-state index in [1.807, 2.05) is 13.0 Å². The highest BCUT2D eigenvalue weighted by atomic mass is 35.5. The van der Waals surface area contributed by atoms with Crippen LogP contribution in [0.5, 0.6) is 5.75 Å². The van der Waals surface area contributed by atoms with Gasteiger partial charge in [-0.15, -0.1) is 0 Å². The van der Waals surface area contributed by atoms with Gasteiger partial charge in [0.15, 0.2) is 5.78 Å². The summed E-state index contributed by atoms with van der Waals surface area (Å²) in [5.74, 6) is -0.269. The van der Waals surface area contributed by atoms with Crippen LogP contribution < -0.4 is 10.1 Å². The maximum atomic E-state index is 12.9. The third-order valence-corrected chi connectivity index (χ3v) is 6.21. The fraction of sp³-hybridized carbons (Fsp3) is 0.440. The summed E-state index contributed by atoms with van der Waals surface area (Å²) in [6.07, 6.45) is -0.352. The summed E-state index contributed by atoms with van der Waals surface area (Å²) in [5.41, 5.74) is 0.890. The van der Waals surface area contributed by atoms with Crippen molar-refractivity contribution in [2.24, 2.45) is 0 Å². The predicted octanol–water partition coefficient (Wildman–Crippen LogP) is 3.21. The zero-order valence-electron chi connectivity index (χ0n) is 20.4. The first-order chi connectivity index (χ1) is 16.9. The fourth-order valence-corrected chi connectivity index (χ4v) is 4.45. The van der Waals surface area contributed by atoms with Crippen molar-refractivity contribution in [1.29, 1.82) is 0 Å². The monoisotopic (exact) mass is 516 g/mol. The smallest absolute Gasteiger partial charge is 0.408 e. The van der Waals surface area contributed by atoms with Crippen LogP contribution in [-0.2, 0) is 4.74 Å². The lowest BCUT2D eigenvalue weighted by Gasteiger charge is -2.21. The number of rotatable bonds is 6. The zero-order valence-corrected chi connectivity index (χ0v) is 21.2. The Bertz CT molecular complexity index is 1290. The minimum absolute atomic E-state index is 0.137. The third kappa shape index (κ3) is 5.45. The molecule has 1 fully saturated rings. The fourth-order valence-electron chi connectivity index (χ4n) is 4.27. The first-order valence-corrected chi connectivity index (χ1v) is 11.9. The van der Waals surface area contributed by atoms with Crippen LogP contribution in [0.4, 0.5) is 4.79 Å². The van der Waals surface area contributed by atoms with Crippen LogP contribution in [0.15, 0.2) is 36.8 Å². The van der Waals surface area contributed by atoms with Gasteiger partial charge in [0, 0.05) is 23.0 Å². The Balaban J connectivity index is 1.51. The molecule has 11 heteroatoms. The van der Waals surface area contributed by atoms with E-state index >= 15 is 0 Å². The lowest BCUT2D eigenvalue weighted by molar-refractivity contribution is -0.0165. The van der Waals surface area contributed by atoms with Crippen molar-refractivity contribution in [3.63, 3.8) is 0 Å². The maximum Gasteiger partial charge on any atom is 0.408 e. The number of carbonyl (C=O) groups excluding carboxylic acids is 2. The lowest BCUT2D eigenvalue weighted by atomic mass is 10.1. The van der Waals surface area contributed by atoms with E-state index in [0.29, 0.717) is 10.7 Å². The number of benzene rings is 1. The minimum atomic E-state index is -1.21. The van der Waals surface area contributed by atoms with Crippen molar-refractivity contribution in [2.45, 2.75) is 64.1 Å². The molecular weight excluding hydrogens is 488 g/mol. The van der Waals surface area contributed by atoms with Crippen LogP contribution in [0, 0.1) is 6.92 Å². The van der Waals surface area contributed by atoms with E-state index in [1.165, 1.54) is 18.5 Å². The van der Waals surface area contributed by atoms with Crippen LogP contribution in [0.2, 0.25) is 5.02 Å². The summed E-state index contributed by atoms with van der Waals surface area (Å²) in [4.78, 5) is 33.4. The molecule has 0 radical (unpaired) electrons. The van der Waals surface area contributed by atoms with Gasteiger partial charge in [-0.05, 0) is 52.0 Å². The van der Waals surface area contributed by atoms with Crippen LogP contribution in [-0.4, -0.2) is 67.1 Å². The Hall–Kier alpha value is -3.21. The topological polar surface area (TPSA) is 136 Å². The van der Waals surface area contributed by atoms with E-state index < -0.39 is 41.8 Å². The number of aromatic nitrogens is 3. The van der Waals surface area contributed by atoms with Crippen LogP contribution in [0.1, 0.15) is 49.3 Å². The van der Waals surface area contributed by atoms with E-state index in [2.05, 4.69) is 15.3 Å². The number of alkyl carbamates (subject to hydrolysis) is 1. The molecule has 192 valence electrons. The van der Waals surface area contributed by atoms with E-state index in [-0.39, 0.29) is 24.3 Å². The number of carbonyl (C=O) groups is 2. The first-order valence-electron chi connectivity index (χ1n) is 11.5. The van der Waals surface area contributed by atoms with Gasteiger partial charge in [0.1, 0.15) is 41.6 Å². The number of amides is 1. The number of aliphatic hydroxyl groups excluding tert-OH is 2. The van der Waals surface area contributed by atoms with Gasteiger partial charge in [-0.2, -0.15) is 0 Å². The van der Waals surface area contributed by atoms with Crippen molar-refractivity contribution in [3.8, 4) is 5.75 Å². The molecule has 4 rings (SSSR count). The van der Waals surface area contributed by atoms with Gasteiger partial charge >= 0.3 is 6.09 Å². The molecule has 0 unspecified atom stereocenters. The van der Waals surface area contributed by atoms with Crippen molar-refractivity contribution < 1.29 is 29.3 Å². The lowest BCUT2D eigenvalue weighted by Crippen LogP contribution is -2.36. The molecule has 36 heavy (non-hydrogen) atoms. The Morgan fingerprint density at radius 2 is 1.94 bits per heavy atom. The highest BCUT2D eigenvalue weighted by Gasteiger charge is 2.44. The molecule has 10 nitrogen and oxygen atoms in total. The Morgan fingerprint density at radius 3 is 2.67 bits per heavy atom. The molecule has 2 aromatic heterocycles. The van der Waals surface area contributed by atoms with Gasteiger partial charge in [0.05, 0.1) is 23.8 Å². The molecule has 2 heterocycles. The number of ether oxygens (including phenoxy) is 2. The summed E-state index contributed by atoms with van der Waals surface area (Å²) in [7, 11) is 0. The highest BCUT2D eigenvalue weighted by molar-refractivity contribution is 6.31. The summed E-state index contributed by atoms with van der Waals surface area (Å²) in [6.45, 7) is 6.69. The van der Waals surface area contributed by atoms with E-state index in [0.717, 1.165) is 11.1 Å². The molecule has 0 saturated heterocycles. The average molecular weight is 517 g/mol. The van der Waals surface area contributed by atoms with Gasteiger partial charge in [0.2, 0.25) is 0 Å². The SMILES string of the molecule is Cc1ncnc2c1ccn2[C@@H]1C[C@H](Oc2ccc(Cl)cc2C(=O)CNC(=O)OC(C)(C)C)[C@@H](O)[C@H]1O. The van der Waals surface area contributed by atoms with Crippen LogP contribution in [0.25, 0.3) is 11.0 Å². The second kappa shape index (κ2) is 10.0. The second-order valence-electron chi connectivity index (χ2n) is 9.78. The number of nitrogens with zero attached hydrogens (tertiary/aromatic N) is 3. The van der Waals surface area contributed by atoms with Crippen LogP contribution in [0.3, 0.4) is 0 Å². The molecule has 1 amide bonds. The van der Waals surface area contributed by atoms with Crippen molar-refractivity contribution in [2.75, 3.05) is 6.54 Å². The normalized spacial score (nSPS) is 22.0. The molecule has 1 aromatic carbocycles. The molecule has 1 saturated carbocycles. The number of halogens is 1. The molecule has 0 bridgehead atoms. The van der Waals surface area contributed by atoms with Gasteiger partial charge in [0.25, 0.3) is 0 Å². The molecule has 0 spiro atoms. The quantitative estimate of drug-likeness (QED) is 0.425. The predicted molar refractivity (Wildman–Crippen MR) is 132 cm³/mol. The van der Waals surface area contributed by atoms with E-state index in [9.17, 15) is 19.8 Å². The zero-order chi connectivity index (χ0) is 26.2. The molecule has 1 aliphatic rings. The minimum Gasteiger partial charge on any atom is -0.487 e. The molecule has 1 aliphatic carbocycles. The number of nitrogens with one attached hydrogen (secondary N) is 1. The standard InChI is InChI=1S/C25H29ClN4O6/c1-13-15-7-8-30(23(15)29-12-28-13)17-10-20(22(33)21(17)32)35-19-6-5-14(26)9-16(19)18(31)11-27-24(34)36-25(2,3)4/h5-9,12,17,20-22,32-33H,10-11H2,1-4H3,(H,27,34)/t17-,20+,21+,22-/m1/s1. The van der Waals surface area contributed by atoms with Crippen molar-refractivity contribution in [1.82, 2.24) is 19.9 Å². The largest absolute Gasteiger partial charge is 0.487 e. The first kappa shape index (κ1) is 25.9. The maximum absolute atomic E-state index is 12.9. The number of aliphatic hydroxyl groups is 2. The van der Waals surface area contributed by atoms with Crippen molar-refractivity contribution >= 4 is 34.5 Å². The second-order valence-corrected chi connectivity index (χ2v) is 10.2. The van der Waals surface area contributed by atoms with Crippen LogP contribution >= 0.6 is 11.6 Å². The summed E-state index contributed by atoms with van der Waals surface area (Å²) in [6, 6.07) is 5.88. The summed E-state index contributed by atoms with van der Waals surface area (Å²) >= 11 is 6.11. The van der Waals surface area contributed by atoms with E-state index in [4.69, 9.17) is 21.1 Å². The van der Waals surface area contributed by atoms with Gasteiger partial charge in [-0.3, -0.25) is 4.79 Å². The van der Waals surface area contributed by atoms with E-state index in [1.54, 1.807) is 37.6 Å². The number of hydrogen-bond acceptors (Lipinski definition) is 8. The highest BCUT2D eigenvalue weighted by Crippen LogP contribution is 2.37. The molecule has 0 aliphatic heterocycles. The molecule has 3 aromatic rings. The third-order valence-electron chi connectivity index (χ3n) is 5.98. The average Bonchev–Trinajstić information content (AvgIpc) is 3.35. The molecule has 3 N–H and O–H groups in total. The number of Topliss-reactive ketones (excluding diaryl/α,β-unsaturated/α-hetero) is 1. The number of fused-ring (bicyclic) bond motifs is 1. The summed E-state index contributed by atoms with van der Waals surface area (Å²) in [5, 5.41) is 25.2. The Labute approximate surface area is 213 Å². The van der Waals surface area contributed by atoms with Crippen molar-refractivity contribution in [3.05, 3.63) is 53.1 Å². The molecule has 4 atom stereocenters. The van der Waals surface area contributed by atoms with Gasteiger partial charge in [-0.25, -0.2) is 14.8 Å². The summed E-state index contributed by atoms with van der Waals surface area (Å²) < 4.78 is 13.0.